The molecular weight excluding hydrogens is 289 g/mol. The molecule has 0 unspecified atom stereocenters. The zero-order valence-electron chi connectivity index (χ0n) is 11.7. The minimum atomic E-state index is -0.317. The summed E-state index contributed by atoms with van der Waals surface area (Å²) in [6, 6.07) is 12.4. The Morgan fingerprint density at radius 1 is 1.24 bits per heavy atom. The predicted molar refractivity (Wildman–Crippen MR) is 86.4 cm³/mol. The van der Waals surface area contributed by atoms with Crippen LogP contribution < -0.4 is 11.1 Å². The van der Waals surface area contributed by atoms with Gasteiger partial charge in [-0.05, 0) is 37.6 Å². The molecule has 110 valence electrons. The number of hydrogen-bond donors (Lipinski definition) is 2. The van der Waals surface area contributed by atoms with Crippen molar-refractivity contribution in [2.75, 3.05) is 11.9 Å². The number of aliphatic imine (C=N–C) groups is 1. The van der Waals surface area contributed by atoms with E-state index in [4.69, 9.17) is 17.3 Å². The topological polar surface area (TPSA) is 50.4 Å². The van der Waals surface area contributed by atoms with Crippen LogP contribution in [0.2, 0.25) is 5.02 Å². The van der Waals surface area contributed by atoms with E-state index in [1.165, 1.54) is 11.6 Å². The lowest BCUT2D eigenvalue weighted by molar-refractivity contribution is 0.610. The van der Waals surface area contributed by atoms with Crippen molar-refractivity contribution >= 4 is 23.2 Å². The zero-order valence-corrected chi connectivity index (χ0v) is 12.5. The Hall–Kier alpha value is -2.07. The van der Waals surface area contributed by atoms with Crippen molar-refractivity contribution in [2.24, 2.45) is 10.7 Å². The number of nitrogens with zero attached hydrogens (tertiary/aromatic N) is 1. The van der Waals surface area contributed by atoms with Crippen molar-refractivity contribution in [3.05, 3.63) is 64.4 Å². The largest absolute Gasteiger partial charge is 0.370 e. The second-order valence-electron chi connectivity index (χ2n) is 4.71. The fourth-order valence-electron chi connectivity index (χ4n) is 1.88. The molecule has 0 saturated heterocycles. The van der Waals surface area contributed by atoms with Gasteiger partial charge >= 0.3 is 0 Å². The number of halogens is 2. The van der Waals surface area contributed by atoms with Crippen LogP contribution in [-0.2, 0) is 6.42 Å². The van der Waals surface area contributed by atoms with Crippen molar-refractivity contribution in [1.82, 2.24) is 0 Å². The molecule has 0 aliphatic rings. The van der Waals surface area contributed by atoms with E-state index in [0.717, 1.165) is 5.69 Å². The molecule has 0 aliphatic heterocycles. The number of nitrogens with two attached hydrogens (primary N) is 1. The number of guanidine groups is 1. The Balaban J connectivity index is 1.93. The van der Waals surface area contributed by atoms with Crippen molar-refractivity contribution in [3.8, 4) is 0 Å². The third kappa shape index (κ3) is 4.46. The molecule has 0 amide bonds. The first-order valence-electron chi connectivity index (χ1n) is 6.63. The van der Waals surface area contributed by atoms with Crippen molar-refractivity contribution in [1.29, 1.82) is 0 Å². The van der Waals surface area contributed by atoms with Gasteiger partial charge in [-0.25, -0.2) is 4.39 Å². The number of nitrogens with one attached hydrogen (secondary N) is 1. The average Bonchev–Trinajstić information content (AvgIpc) is 2.45. The summed E-state index contributed by atoms with van der Waals surface area (Å²) in [6.07, 6.45) is 0.405. The number of anilines is 1. The molecule has 2 rings (SSSR count). The molecule has 0 radical (unpaired) electrons. The number of rotatable bonds is 4. The third-order valence-electron chi connectivity index (χ3n) is 3.03. The summed E-state index contributed by atoms with van der Waals surface area (Å²) < 4.78 is 13.6. The van der Waals surface area contributed by atoms with Gasteiger partial charge in [0.25, 0.3) is 0 Å². The lowest BCUT2D eigenvalue weighted by atomic mass is 10.1. The molecule has 2 aromatic rings. The highest BCUT2D eigenvalue weighted by Crippen LogP contribution is 2.19. The first kappa shape index (κ1) is 15.3. The summed E-state index contributed by atoms with van der Waals surface area (Å²) in [5.41, 5.74) is 8.30. The Morgan fingerprint density at radius 3 is 2.62 bits per heavy atom. The molecule has 0 aliphatic carbocycles. The Labute approximate surface area is 128 Å². The molecular formula is C16H17ClFN3. The van der Waals surface area contributed by atoms with Gasteiger partial charge in [0.1, 0.15) is 5.82 Å². The van der Waals surface area contributed by atoms with Crippen LogP contribution in [0.5, 0.6) is 0 Å². The number of benzene rings is 2. The van der Waals surface area contributed by atoms with E-state index in [0.29, 0.717) is 29.5 Å². The molecule has 0 atom stereocenters. The molecule has 21 heavy (non-hydrogen) atoms. The first-order chi connectivity index (χ1) is 10.1. The Morgan fingerprint density at radius 2 is 1.95 bits per heavy atom. The highest BCUT2D eigenvalue weighted by atomic mass is 35.5. The van der Waals surface area contributed by atoms with Gasteiger partial charge in [0.15, 0.2) is 5.96 Å². The maximum atomic E-state index is 13.6. The summed E-state index contributed by atoms with van der Waals surface area (Å²) >= 11 is 5.95. The Kier molecular flexibility index (Phi) is 5.17. The van der Waals surface area contributed by atoms with Gasteiger partial charge in [-0.3, -0.25) is 4.99 Å². The molecule has 3 N–H and O–H groups in total. The van der Waals surface area contributed by atoms with E-state index in [2.05, 4.69) is 10.3 Å². The quantitative estimate of drug-likeness (QED) is 0.667. The van der Waals surface area contributed by atoms with Crippen LogP contribution in [0.15, 0.2) is 47.5 Å². The second-order valence-corrected chi connectivity index (χ2v) is 5.12. The maximum Gasteiger partial charge on any atom is 0.193 e. The minimum absolute atomic E-state index is 0.298. The molecule has 0 aromatic heterocycles. The van der Waals surface area contributed by atoms with Crippen LogP contribution in [-0.4, -0.2) is 12.5 Å². The molecule has 0 heterocycles. The molecule has 0 saturated carbocycles. The fourth-order valence-corrected chi connectivity index (χ4v) is 2.14. The van der Waals surface area contributed by atoms with Crippen LogP contribution >= 0.6 is 11.6 Å². The first-order valence-corrected chi connectivity index (χ1v) is 7.00. The maximum absolute atomic E-state index is 13.6. The SMILES string of the molecule is Cc1ccc(NC(N)=NCCc2c(F)cccc2Cl)cc1. The van der Waals surface area contributed by atoms with Gasteiger partial charge in [-0.2, -0.15) is 0 Å². The van der Waals surface area contributed by atoms with Crippen molar-refractivity contribution < 1.29 is 4.39 Å². The van der Waals surface area contributed by atoms with Gasteiger partial charge in [-0.1, -0.05) is 35.4 Å². The lowest BCUT2D eigenvalue weighted by Crippen LogP contribution is -2.23. The van der Waals surface area contributed by atoms with E-state index in [1.54, 1.807) is 12.1 Å². The van der Waals surface area contributed by atoms with Crippen molar-refractivity contribution in [2.45, 2.75) is 13.3 Å². The van der Waals surface area contributed by atoms with E-state index in [9.17, 15) is 4.39 Å². The van der Waals surface area contributed by atoms with Gasteiger partial charge in [0, 0.05) is 22.8 Å². The monoisotopic (exact) mass is 305 g/mol. The average molecular weight is 306 g/mol. The van der Waals surface area contributed by atoms with E-state index in [-0.39, 0.29) is 5.82 Å². The van der Waals surface area contributed by atoms with Crippen LogP contribution in [0.25, 0.3) is 0 Å². The normalized spacial score (nSPS) is 11.5. The minimum Gasteiger partial charge on any atom is -0.370 e. The number of hydrogen-bond acceptors (Lipinski definition) is 1. The zero-order chi connectivity index (χ0) is 15.2. The summed E-state index contributed by atoms with van der Waals surface area (Å²) in [5, 5.41) is 3.40. The van der Waals surface area contributed by atoms with Gasteiger partial charge in [0.2, 0.25) is 0 Å². The molecule has 0 bridgehead atoms. The fraction of sp³-hybridized carbons (Fsp3) is 0.188. The van der Waals surface area contributed by atoms with E-state index in [1.807, 2.05) is 31.2 Å². The lowest BCUT2D eigenvalue weighted by Gasteiger charge is -2.07. The molecule has 5 heteroatoms. The predicted octanol–water partition coefficient (Wildman–Crippen LogP) is 3.76. The Bertz CT molecular complexity index is 618. The van der Waals surface area contributed by atoms with Crippen LogP contribution in [0.1, 0.15) is 11.1 Å². The van der Waals surface area contributed by atoms with Gasteiger partial charge in [-0.15, -0.1) is 0 Å². The standard InChI is InChI=1S/C16H17ClFN3/c1-11-5-7-12(8-6-11)21-16(19)20-10-9-13-14(17)3-2-4-15(13)18/h2-8H,9-10H2,1H3,(H3,19,20,21). The van der Waals surface area contributed by atoms with E-state index >= 15 is 0 Å². The number of aryl methyl sites for hydroxylation is 1. The summed E-state index contributed by atoms with van der Waals surface area (Å²) in [7, 11) is 0. The summed E-state index contributed by atoms with van der Waals surface area (Å²) in [6.45, 7) is 2.38. The summed E-state index contributed by atoms with van der Waals surface area (Å²) in [5.74, 6) is -0.0194. The highest BCUT2D eigenvalue weighted by molar-refractivity contribution is 6.31. The third-order valence-corrected chi connectivity index (χ3v) is 3.38. The molecule has 2 aromatic carbocycles. The molecule has 0 spiro atoms. The highest BCUT2D eigenvalue weighted by Gasteiger charge is 2.05. The second kappa shape index (κ2) is 7.09. The van der Waals surface area contributed by atoms with E-state index < -0.39 is 0 Å². The van der Waals surface area contributed by atoms with Crippen molar-refractivity contribution in [3.63, 3.8) is 0 Å². The summed E-state index contributed by atoms with van der Waals surface area (Å²) in [4.78, 5) is 4.18. The van der Waals surface area contributed by atoms with Gasteiger partial charge < -0.3 is 11.1 Å². The van der Waals surface area contributed by atoms with Gasteiger partial charge in [0.05, 0.1) is 0 Å². The molecule has 0 fully saturated rings. The smallest absolute Gasteiger partial charge is 0.193 e. The van der Waals surface area contributed by atoms with Crippen LogP contribution in [0.4, 0.5) is 10.1 Å². The van der Waals surface area contributed by atoms with Crippen LogP contribution in [0.3, 0.4) is 0 Å². The molecule has 3 nitrogen and oxygen atoms in total. The van der Waals surface area contributed by atoms with Crippen LogP contribution in [0, 0.1) is 12.7 Å².